The van der Waals surface area contributed by atoms with Gasteiger partial charge in [0.05, 0.1) is 18.8 Å². The summed E-state index contributed by atoms with van der Waals surface area (Å²) in [5.74, 6) is 0.126. The molecular weight excluding hydrogens is 222 g/mol. The normalized spacial score (nSPS) is 10.0. The molecule has 0 heterocycles. The fraction of sp³-hybridized carbons (Fsp3) is 0.417. The minimum atomic E-state index is -0.435. The number of anilines is 1. The van der Waals surface area contributed by atoms with Crippen LogP contribution >= 0.6 is 0 Å². The molecule has 94 valence electrons. The first-order valence-corrected chi connectivity index (χ1v) is 5.36. The summed E-state index contributed by atoms with van der Waals surface area (Å²) in [6, 6.07) is 4.82. The third-order valence-electron chi connectivity index (χ3n) is 2.00. The highest BCUT2D eigenvalue weighted by atomic mass is 16.6. The van der Waals surface area contributed by atoms with Gasteiger partial charge in [-0.05, 0) is 19.1 Å². The Morgan fingerprint density at radius 1 is 1.29 bits per heavy atom. The minimum absolute atomic E-state index is 0.216. The number of carbonyl (C=O) groups is 1. The highest BCUT2D eigenvalue weighted by molar-refractivity contribution is 5.91. The lowest BCUT2D eigenvalue weighted by atomic mass is 10.2. The van der Waals surface area contributed by atoms with Crippen LogP contribution in [0.15, 0.2) is 18.2 Å². The van der Waals surface area contributed by atoms with Crippen molar-refractivity contribution in [2.45, 2.75) is 6.92 Å². The summed E-state index contributed by atoms with van der Waals surface area (Å²) in [6.07, 6.45) is 0. The second-order valence-corrected chi connectivity index (χ2v) is 3.35. The summed E-state index contributed by atoms with van der Waals surface area (Å²) in [4.78, 5) is 11.6. The van der Waals surface area contributed by atoms with Gasteiger partial charge in [0.2, 0.25) is 0 Å². The molecule has 0 amide bonds. The lowest BCUT2D eigenvalue weighted by Crippen LogP contribution is -2.10. The standard InChI is InChI=1S/C12H17NO4/c1-3-16-11-7-9(6-10(13)8-11)12(14)17-5-4-15-2/h6-8H,3-5,13H2,1-2H3. The predicted octanol–water partition coefficient (Wildman–Crippen LogP) is 1.47. The molecule has 5 heteroatoms. The molecule has 0 atom stereocenters. The first-order valence-electron chi connectivity index (χ1n) is 5.36. The molecule has 0 saturated heterocycles. The Bertz CT molecular complexity index is 379. The largest absolute Gasteiger partial charge is 0.494 e. The minimum Gasteiger partial charge on any atom is -0.494 e. The van der Waals surface area contributed by atoms with E-state index in [9.17, 15) is 4.79 Å². The van der Waals surface area contributed by atoms with Crippen molar-refractivity contribution < 1.29 is 19.0 Å². The van der Waals surface area contributed by atoms with Crippen molar-refractivity contribution in [1.29, 1.82) is 0 Å². The number of nitrogen functional groups attached to an aromatic ring is 1. The quantitative estimate of drug-likeness (QED) is 0.462. The molecule has 0 unspecified atom stereocenters. The van der Waals surface area contributed by atoms with Crippen molar-refractivity contribution in [3.8, 4) is 5.75 Å². The van der Waals surface area contributed by atoms with Crippen LogP contribution in [0.3, 0.4) is 0 Å². The number of ether oxygens (including phenoxy) is 3. The number of nitrogens with two attached hydrogens (primary N) is 1. The Hall–Kier alpha value is -1.75. The average Bonchev–Trinajstić information content (AvgIpc) is 2.29. The Balaban J connectivity index is 2.71. The van der Waals surface area contributed by atoms with Crippen molar-refractivity contribution in [3.05, 3.63) is 23.8 Å². The third kappa shape index (κ3) is 4.32. The molecule has 0 spiro atoms. The monoisotopic (exact) mass is 239 g/mol. The molecule has 0 radical (unpaired) electrons. The van der Waals surface area contributed by atoms with Gasteiger partial charge in [-0.1, -0.05) is 0 Å². The van der Waals surface area contributed by atoms with Gasteiger partial charge >= 0.3 is 5.97 Å². The molecule has 17 heavy (non-hydrogen) atoms. The Kier molecular flexibility index (Phi) is 5.29. The molecule has 0 aromatic heterocycles. The van der Waals surface area contributed by atoms with E-state index >= 15 is 0 Å². The summed E-state index contributed by atoms with van der Waals surface area (Å²) in [5.41, 5.74) is 6.52. The van der Waals surface area contributed by atoms with Crippen molar-refractivity contribution in [2.24, 2.45) is 0 Å². The highest BCUT2D eigenvalue weighted by Crippen LogP contribution is 2.19. The molecule has 1 aromatic rings. The van der Waals surface area contributed by atoms with Gasteiger partial charge in [0.25, 0.3) is 0 Å². The topological polar surface area (TPSA) is 70.8 Å². The predicted molar refractivity (Wildman–Crippen MR) is 64.2 cm³/mol. The van der Waals surface area contributed by atoms with Crippen LogP contribution in [0.1, 0.15) is 17.3 Å². The van der Waals surface area contributed by atoms with E-state index in [-0.39, 0.29) is 6.61 Å². The molecular formula is C12H17NO4. The van der Waals surface area contributed by atoms with Crippen LogP contribution < -0.4 is 10.5 Å². The van der Waals surface area contributed by atoms with E-state index in [1.807, 2.05) is 6.92 Å². The molecule has 0 saturated carbocycles. The second-order valence-electron chi connectivity index (χ2n) is 3.35. The molecule has 5 nitrogen and oxygen atoms in total. The summed E-state index contributed by atoms with van der Waals surface area (Å²) in [5, 5.41) is 0. The molecule has 2 N–H and O–H groups in total. The second kappa shape index (κ2) is 6.75. The Morgan fingerprint density at radius 3 is 2.71 bits per heavy atom. The van der Waals surface area contributed by atoms with Crippen molar-refractivity contribution >= 4 is 11.7 Å². The molecule has 0 aliphatic carbocycles. The number of rotatable bonds is 6. The summed E-state index contributed by atoms with van der Waals surface area (Å²) < 4.78 is 15.1. The van der Waals surface area contributed by atoms with Crippen LogP contribution in [0.5, 0.6) is 5.75 Å². The number of benzene rings is 1. The average molecular weight is 239 g/mol. The van der Waals surface area contributed by atoms with E-state index in [0.717, 1.165) is 0 Å². The van der Waals surface area contributed by atoms with Gasteiger partial charge in [0.1, 0.15) is 12.4 Å². The van der Waals surface area contributed by atoms with E-state index in [4.69, 9.17) is 19.9 Å². The lowest BCUT2D eigenvalue weighted by molar-refractivity contribution is 0.0387. The van der Waals surface area contributed by atoms with Crippen LogP contribution in [0, 0.1) is 0 Å². The summed E-state index contributed by atoms with van der Waals surface area (Å²) in [6.45, 7) is 2.96. The SMILES string of the molecule is CCOc1cc(N)cc(C(=O)OCCOC)c1. The van der Waals surface area contributed by atoms with Gasteiger partial charge in [0, 0.05) is 18.9 Å². The van der Waals surface area contributed by atoms with Gasteiger partial charge in [-0.25, -0.2) is 4.79 Å². The maximum atomic E-state index is 11.6. The zero-order chi connectivity index (χ0) is 12.7. The van der Waals surface area contributed by atoms with Gasteiger partial charge in [0.15, 0.2) is 0 Å². The third-order valence-corrected chi connectivity index (χ3v) is 2.00. The van der Waals surface area contributed by atoms with Gasteiger partial charge in [-0.2, -0.15) is 0 Å². The van der Waals surface area contributed by atoms with Gasteiger partial charge in [-0.3, -0.25) is 0 Å². The fourth-order valence-corrected chi connectivity index (χ4v) is 1.29. The van der Waals surface area contributed by atoms with Crippen LogP contribution in [-0.4, -0.2) is 32.9 Å². The number of carbonyl (C=O) groups excluding carboxylic acids is 1. The molecule has 0 bridgehead atoms. The van der Waals surface area contributed by atoms with Crippen molar-refractivity contribution in [1.82, 2.24) is 0 Å². The molecule has 1 rings (SSSR count). The van der Waals surface area contributed by atoms with Gasteiger partial charge < -0.3 is 19.9 Å². The maximum absolute atomic E-state index is 11.6. The smallest absolute Gasteiger partial charge is 0.338 e. The van der Waals surface area contributed by atoms with Crippen LogP contribution in [0.2, 0.25) is 0 Å². The van der Waals surface area contributed by atoms with E-state index in [1.54, 1.807) is 25.3 Å². The molecule has 1 aromatic carbocycles. The zero-order valence-electron chi connectivity index (χ0n) is 10.1. The molecule has 0 aliphatic heterocycles. The molecule has 0 fully saturated rings. The van der Waals surface area contributed by atoms with E-state index in [0.29, 0.717) is 30.2 Å². The van der Waals surface area contributed by atoms with Crippen LogP contribution in [0.25, 0.3) is 0 Å². The Labute approximate surface area is 100 Å². The first-order chi connectivity index (χ1) is 8.17. The summed E-state index contributed by atoms with van der Waals surface area (Å²) >= 11 is 0. The molecule has 0 aliphatic rings. The van der Waals surface area contributed by atoms with E-state index in [1.165, 1.54) is 0 Å². The number of methoxy groups -OCH3 is 1. The van der Waals surface area contributed by atoms with Crippen molar-refractivity contribution in [2.75, 3.05) is 32.7 Å². The summed E-state index contributed by atoms with van der Waals surface area (Å²) in [7, 11) is 1.54. The first kappa shape index (κ1) is 13.3. The maximum Gasteiger partial charge on any atom is 0.338 e. The zero-order valence-corrected chi connectivity index (χ0v) is 10.1. The Morgan fingerprint density at radius 2 is 2.06 bits per heavy atom. The van der Waals surface area contributed by atoms with Crippen LogP contribution in [-0.2, 0) is 9.47 Å². The number of hydrogen-bond acceptors (Lipinski definition) is 5. The fourth-order valence-electron chi connectivity index (χ4n) is 1.29. The van der Waals surface area contributed by atoms with Crippen molar-refractivity contribution in [3.63, 3.8) is 0 Å². The van der Waals surface area contributed by atoms with Crippen LogP contribution in [0.4, 0.5) is 5.69 Å². The van der Waals surface area contributed by atoms with E-state index < -0.39 is 5.97 Å². The van der Waals surface area contributed by atoms with E-state index in [2.05, 4.69) is 0 Å². The lowest BCUT2D eigenvalue weighted by Gasteiger charge is -2.08. The highest BCUT2D eigenvalue weighted by Gasteiger charge is 2.09. The number of esters is 1. The number of hydrogen-bond donors (Lipinski definition) is 1. The van der Waals surface area contributed by atoms with Gasteiger partial charge in [-0.15, -0.1) is 0 Å².